The van der Waals surface area contributed by atoms with E-state index in [-0.39, 0.29) is 17.2 Å². The van der Waals surface area contributed by atoms with Gasteiger partial charge in [-0.05, 0) is 13.0 Å². The van der Waals surface area contributed by atoms with Crippen LogP contribution in [0.2, 0.25) is 0 Å². The SMILES string of the molecule is CCOc1ccccc1[C@@H]1C(C#N)=C(N)Oc2n[nH]c(C(C)(C)C)c21. The molecule has 0 amide bonds. The Morgan fingerprint density at radius 1 is 1.36 bits per heavy atom. The van der Waals surface area contributed by atoms with Gasteiger partial charge in [0, 0.05) is 16.7 Å². The first-order chi connectivity index (χ1) is 11.9. The maximum atomic E-state index is 9.73. The minimum Gasteiger partial charge on any atom is -0.494 e. The van der Waals surface area contributed by atoms with Crippen LogP contribution in [-0.4, -0.2) is 16.8 Å². The highest BCUT2D eigenvalue weighted by Gasteiger charge is 2.39. The molecule has 6 heteroatoms. The van der Waals surface area contributed by atoms with Crippen LogP contribution in [0, 0.1) is 11.3 Å². The van der Waals surface area contributed by atoms with Crippen LogP contribution in [0.3, 0.4) is 0 Å². The molecule has 1 aliphatic rings. The number of aromatic nitrogens is 2. The first-order valence-corrected chi connectivity index (χ1v) is 8.26. The lowest BCUT2D eigenvalue weighted by Gasteiger charge is -2.28. The Labute approximate surface area is 147 Å². The molecule has 0 unspecified atom stereocenters. The predicted molar refractivity (Wildman–Crippen MR) is 94.2 cm³/mol. The zero-order valence-electron chi connectivity index (χ0n) is 14.9. The molecule has 1 aromatic carbocycles. The van der Waals surface area contributed by atoms with Gasteiger partial charge in [0.05, 0.1) is 18.1 Å². The minimum atomic E-state index is -0.385. The predicted octanol–water partition coefficient (Wildman–Crippen LogP) is 3.32. The van der Waals surface area contributed by atoms with E-state index in [1.807, 2.05) is 31.2 Å². The molecule has 0 spiro atoms. The van der Waals surface area contributed by atoms with Crippen LogP contribution in [0.4, 0.5) is 0 Å². The van der Waals surface area contributed by atoms with Gasteiger partial charge in [-0.15, -0.1) is 5.10 Å². The fraction of sp³-hybridized carbons (Fsp3) is 0.368. The molecule has 0 fully saturated rings. The zero-order chi connectivity index (χ0) is 18.2. The number of nitrogens with zero attached hydrogens (tertiary/aromatic N) is 2. The summed E-state index contributed by atoms with van der Waals surface area (Å²) in [6.45, 7) is 8.71. The van der Waals surface area contributed by atoms with E-state index in [9.17, 15) is 5.26 Å². The van der Waals surface area contributed by atoms with Gasteiger partial charge in [0.25, 0.3) is 0 Å². The number of nitrogens with one attached hydrogen (secondary N) is 1. The zero-order valence-corrected chi connectivity index (χ0v) is 14.9. The van der Waals surface area contributed by atoms with Crippen molar-refractivity contribution < 1.29 is 9.47 Å². The van der Waals surface area contributed by atoms with Crippen LogP contribution in [0.15, 0.2) is 35.7 Å². The van der Waals surface area contributed by atoms with Crippen LogP contribution in [0.1, 0.15) is 50.4 Å². The van der Waals surface area contributed by atoms with E-state index >= 15 is 0 Å². The van der Waals surface area contributed by atoms with Crippen molar-refractivity contribution in [3.05, 3.63) is 52.5 Å². The highest BCUT2D eigenvalue weighted by atomic mass is 16.5. The van der Waals surface area contributed by atoms with E-state index < -0.39 is 0 Å². The third kappa shape index (κ3) is 2.82. The van der Waals surface area contributed by atoms with E-state index in [0.29, 0.717) is 18.1 Å². The largest absolute Gasteiger partial charge is 0.494 e. The smallest absolute Gasteiger partial charge is 0.244 e. The number of allylic oxidation sites excluding steroid dienone is 1. The van der Waals surface area contributed by atoms with Crippen LogP contribution >= 0.6 is 0 Å². The molecule has 6 nitrogen and oxygen atoms in total. The van der Waals surface area contributed by atoms with Crippen molar-refractivity contribution in [3.63, 3.8) is 0 Å². The number of fused-ring (bicyclic) bond motifs is 1. The van der Waals surface area contributed by atoms with Crippen molar-refractivity contribution in [3.8, 4) is 17.7 Å². The summed E-state index contributed by atoms with van der Waals surface area (Å²) in [4.78, 5) is 0. The molecule has 1 atom stereocenters. The van der Waals surface area contributed by atoms with Crippen molar-refractivity contribution >= 4 is 0 Å². The van der Waals surface area contributed by atoms with Gasteiger partial charge in [-0.2, -0.15) is 5.26 Å². The monoisotopic (exact) mass is 338 g/mol. The van der Waals surface area contributed by atoms with Crippen molar-refractivity contribution in [1.82, 2.24) is 10.2 Å². The third-order valence-electron chi connectivity index (χ3n) is 4.22. The van der Waals surface area contributed by atoms with Crippen molar-refractivity contribution in [2.75, 3.05) is 6.61 Å². The Bertz CT molecular complexity index is 868. The van der Waals surface area contributed by atoms with Gasteiger partial charge in [0.2, 0.25) is 11.8 Å². The van der Waals surface area contributed by atoms with Gasteiger partial charge >= 0.3 is 0 Å². The standard InChI is InChI=1S/C19H22N4O2/c1-5-24-13-9-7-6-8-11(13)14-12(10-20)17(21)25-18-15(14)16(22-23-18)19(2,3)4/h6-9,14H,5,21H2,1-4H3,(H,22,23)/t14-/m1/s1. The average molecular weight is 338 g/mol. The molecule has 130 valence electrons. The summed E-state index contributed by atoms with van der Waals surface area (Å²) in [6.07, 6.45) is 0. The van der Waals surface area contributed by atoms with Crippen LogP contribution in [-0.2, 0) is 5.41 Å². The number of nitrogens with two attached hydrogens (primary N) is 1. The highest BCUT2D eigenvalue weighted by molar-refractivity contribution is 5.58. The fourth-order valence-electron chi connectivity index (χ4n) is 3.13. The molecule has 2 heterocycles. The minimum absolute atomic E-state index is 0.0817. The fourth-order valence-corrected chi connectivity index (χ4v) is 3.13. The third-order valence-corrected chi connectivity index (χ3v) is 4.22. The summed E-state index contributed by atoms with van der Waals surface area (Å²) in [5.74, 6) is 0.838. The van der Waals surface area contributed by atoms with E-state index in [4.69, 9.17) is 15.2 Å². The topological polar surface area (TPSA) is 96.9 Å². The van der Waals surface area contributed by atoms with E-state index in [0.717, 1.165) is 22.6 Å². The number of nitriles is 1. The van der Waals surface area contributed by atoms with Gasteiger partial charge in [0.15, 0.2) is 0 Å². The Morgan fingerprint density at radius 2 is 2.08 bits per heavy atom. The summed E-state index contributed by atoms with van der Waals surface area (Å²) in [5.41, 5.74) is 8.81. The summed E-state index contributed by atoms with van der Waals surface area (Å²) < 4.78 is 11.4. The normalized spacial score (nSPS) is 16.8. The van der Waals surface area contributed by atoms with Gasteiger partial charge in [-0.25, -0.2) is 0 Å². The number of rotatable bonds is 3. The molecule has 1 aromatic heterocycles. The number of hydrogen-bond acceptors (Lipinski definition) is 5. The average Bonchev–Trinajstić information content (AvgIpc) is 2.98. The summed E-state index contributed by atoms with van der Waals surface area (Å²) >= 11 is 0. The molecule has 0 radical (unpaired) electrons. The number of H-pyrrole nitrogens is 1. The molecular formula is C19H22N4O2. The van der Waals surface area contributed by atoms with E-state index in [2.05, 4.69) is 37.0 Å². The van der Waals surface area contributed by atoms with Gasteiger partial charge in [0.1, 0.15) is 17.4 Å². The molecule has 0 saturated carbocycles. The van der Waals surface area contributed by atoms with E-state index in [1.54, 1.807) is 0 Å². The lowest BCUT2D eigenvalue weighted by molar-refractivity contribution is 0.333. The lowest BCUT2D eigenvalue weighted by Crippen LogP contribution is -2.24. The molecular weight excluding hydrogens is 316 g/mol. The van der Waals surface area contributed by atoms with Crippen LogP contribution in [0.25, 0.3) is 0 Å². The maximum Gasteiger partial charge on any atom is 0.244 e. The molecule has 0 bridgehead atoms. The molecule has 3 rings (SSSR count). The number of hydrogen-bond donors (Lipinski definition) is 2. The second-order valence-corrected chi connectivity index (χ2v) is 6.96. The molecule has 2 aromatic rings. The maximum absolute atomic E-state index is 9.73. The number of para-hydroxylation sites is 1. The Morgan fingerprint density at radius 3 is 2.72 bits per heavy atom. The number of ether oxygens (including phenoxy) is 2. The summed E-state index contributed by atoms with van der Waals surface area (Å²) in [5, 5.41) is 17.1. The first-order valence-electron chi connectivity index (χ1n) is 8.26. The molecule has 0 saturated heterocycles. The highest BCUT2D eigenvalue weighted by Crippen LogP contribution is 2.47. The lowest BCUT2D eigenvalue weighted by atomic mass is 9.78. The van der Waals surface area contributed by atoms with E-state index in [1.165, 1.54) is 0 Å². The van der Waals surface area contributed by atoms with Crippen LogP contribution < -0.4 is 15.2 Å². The van der Waals surface area contributed by atoms with Crippen LogP contribution in [0.5, 0.6) is 11.6 Å². The second kappa shape index (κ2) is 6.17. The van der Waals surface area contributed by atoms with Gasteiger partial charge in [-0.1, -0.05) is 39.0 Å². The quantitative estimate of drug-likeness (QED) is 0.895. The Hall–Kier alpha value is -2.94. The summed E-state index contributed by atoms with van der Waals surface area (Å²) in [6, 6.07) is 9.90. The second-order valence-electron chi connectivity index (χ2n) is 6.96. The van der Waals surface area contributed by atoms with Gasteiger partial charge < -0.3 is 15.2 Å². The number of aromatic amines is 1. The van der Waals surface area contributed by atoms with Gasteiger partial charge in [-0.3, -0.25) is 5.10 Å². The molecule has 25 heavy (non-hydrogen) atoms. The molecule has 3 N–H and O–H groups in total. The molecule has 0 aliphatic carbocycles. The van der Waals surface area contributed by atoms with Crippen molar-refractivity contribution in [2.45, 2.75) is 39.0 Å². The first kappa shape index (κ1) is 16.9. The van der Waals surface area contributed by atoms with Crippen molar-refractivity contribution in [2.24, 2.45) is 5.73 Å². The van der Waals surface area contributed by atoms with Crippen molar-refractivity contribution in [1.29, 1.82) is 5.26 Å². The summed E-state index contributed by atoms with van der Waals surface area (Å²) in [7, 11) is 0. The molecule has 1 aliphatic heterocycles. The Balaban J connectivity index is 2.28. The number of benzene rings is 1. The Kier molecular flexibility index (Phi) is 4.17.